The highest BCUT2D eigenvalue weighted by atomic mass is 35.5. The molecule has 1 aliphatic carbocycles. The number of benzene rings is 1. The van der Waals surface area contributed by atoms with Crippen molar-refractivity contribution in [3.8, 4) is 0 Å². The first-order chi connectivity index (χ1) is 12.5. The molecule has 5 nitrogen and oxygen atoms in total. The first kappa shape index (κ1) is 17.6. The van der Waals surface area contributed by atoms with E-state index in [-0.39, 0.29) is 6.10 Å². The Morgan fingerprint density at radius 1 is 1.23 bits per heavy atom. The number of anilines is 1. The van der Waals surface area contributed by atoms with E-state index in [1.54, 1.807) is 6.07 Å². The standard InChI is InChI=1S/C19H19Cl2N3O2/c20-14-5-4-12(9-15(14)21)17-10-24(6-7-26-17)19-13(18(22)25)8-11-2-1-3-16(11)23-19/h4-5,8-9,17H,1-3,6-7,10H2,(H2,22,25)/t17-/m1/s1. The lowest BCUT2D eigenvalue weighted by Gasteiger charge is -2.35. The van der Waals surface area contributed by atoms with Crippen LogP contribution in [0.15, 0.2) is 24.3 Å². The predicted octanol–water partition coefficient (Wildman–Crippen LogP) is 3.55. The number of aromatic nitrogens is 1. The summed E-state index contributed by atoms with van der Waals surface area (Å²) in [6.07, 6.45) is 2.80. The molecular formula is C19H19Cl2N3O2. The van der Waals surface area contributed by atoms with Crippen LogP contribution in [0.3, 0.4) is 0 Å². The molecule has 1 amide bonds. The van der Waals surface area contributed by atoms with Gasteiger partial charge in [0.15, 0.2) is 0 Å². The average Bonchev–Trinajstić information content (AvgIpc) is 3.10. The summed E-state index contributed by atoms with van der Waals surface area (Å²) >= 11 is 12.2. The van der Waals surface area contributed by atoms with Crippen LogP contribution < -0.4 is 10.6 Å². The summed E-state index contributed by atoms with van der Waals surface area (Å²) in [5.41, 5.74) is 9.27. The van der Waals surface area contributed by atoms with Crippen LogP contribution in [-0.4, -0.2) is 30.6 Å². The largest absolute Gasteiger partial charge is 0.370 e. The lowest BCUT2D eigenvalue weighted by Crippen LogP contribution is -2.40. The zero-order valence-electron chi connectivity index (χ0n) is 14.2. The van der Waals surface area contributed by atoms with Gasteiger partial charge in [-0.15, -0.1) is 0 Å². The number of hydrogen-bond acceptors (Lipinski definition) is 4. The summed E-state index contributed by atoms with van der Waals surface area (Å²) in [5, 5.41) is 1.01. The van der Waals surface area contributed by atoms with Gasteiger partial charge in [-0.25, -0.2) is 4.98 Å². The minimum Gasteiger partial charge on any atom is -0.370 e. The van der Waals surface area contributed by atoms with Gasteiger partial charge in [0.1, 0.15) is 11.9 Å². The Kier molecular flexibility index (Phi) is 4.78. The average molecular weight is 392 g/mol. The Balaban J connectivity index is 1.65. The molecule has 1 aliphatic heterocycles. The lowest BCUT2D eigenvalue weighted by atomic mass is 10.1. The van der Waals surface area contributed by atoms with Crippen LogP contribution in [0.25, 0.3) is 0 Å². The molecule has 0 radical (unpaired) electrons. The quantitative estimate of drug-likeness (QED) is 0.868. The number of hydrogen-bond donors (Lipinski definition) is 1. The third-order valence-corrected chi connectivity index (χ3v) is 5.72. The number of pyridine rings is 1. The van der Waals surface area contributed by atoms with Crippen LogP contribution in [0.5, 0.6) is 0 Å². The molecule has 26 heavy (non-hydrogen) atoms. The topological polar surface area (TPSA) is 68.5 Å². The van der Waals surface area contributed by atoms with E-state index < -0.39 is 5.91 Å². The normalized spacial score (nSPS) is 19.5. The van der Waals surface area contributed by atoms with Gasteiger partial charge in [0, 0.05) is 18.8 Å². The van der Waals surface area contributed by atoms with Crippen molar-refractivity contribution in [1.29, 1.82) is 0 Å². The number of morpholine rings is 1. The smallest absolute Gasteiger partial charge is 0.252 e. The van der Waals surface area contributed by atoms with Crippen molar-refractivity contribution >= 4 is 34.9 Å². The van der Waals surface area contributed by atoms with Gasteiger partial charge in [0.2, 0.25) is 0 Å². The molecule has 1 atom stereocenters. The Labute approximate surface area is 162 Å². The molecule has 2 aliphatic rings. The fourth-order valence-corrected chi connectivity index (χ4v) is 3.95. The molecule has 0 unspecified atom stereocenters. The van der Waals surface area contributed by atoms with Gasteiger partial charge in [-0.1, -0.05) is 29.3 Å². The number of carbonyl (C=O) groups is 1. The Hall–Kier alpha value is -1.82. The maximum Gasteiger partial charge on any atom is 0.252 e. The van der Waals surface area contributed by atoms with Gasteiger partial charge in [-0.3, -0.25) is 4.79 Å². The monoisotopic (exact) mass is 391 g/mol. The highest BCUT2D eigenvalue weighted by Crippen LogP contribution is 2.32. The van der Waals surface area contributed by atoms with E-state index in [1.165, 1.54) is 0 Å². The predicted molar refractivity (Wildman–Crippen MR) is 102 cm³/mol. The number of fused-ring (bicyclic) bond motifs is 1. The van der Waals surface area contributed by atoms with Gasteiger partial charge in [-0.2, -0.15) is 0 Å². The Morgan fingerprint density at radius 3 is 2.85 bits per heavy atom. The number of nitrogens with two attached hydrogens (primary N) is 1. The van der Waals surface area contributed by atoms with Crippen molar-refractivity contribution in [3.63, 3.8) is 0 Å². The second-order valence-corrected chi connectivity index (χ2v) is 7.48. The van der Waals surface area contributed by atoms with Gasteiger partial charge >= 0.3 is 0 Å². The Morgan fingerprint density at radius 2 is 2.08 bits per heavy atom. The molecule has 7 heteroatoms. The van der Waals surface area contributed by atoms with E-state index in [9.17, 15) is 4.79 Å². The number of primary amides is 1. The van der Waals surface area contributed by atoms with Gasteiger partial charge in [0.05, 0.1) is 22.2 Å². The molecule has 4 rings (SSSR count). The van der Waals surface area contributed by atoms with Crippen molar-refractivity contribution < 1.29 is 9.53 Å². The van der Waals surface area contributed by atoms with Gasteiger partial charge < -0.3 is 15.4 Å². The third kappa shape index (κ3) is 3.27. The molecule has 0 spiro atoms. The fourth-order valence-electron chi connectivity index (χ4n) is 3.64. The molecule has 2 N–H and O–H groups in total. The van der Waals surface area contributed by atoms with Crippen LogP contribution in [-0.2, 0) is 17.6 Å². The van der Waals surface area contributed by atoms with Crippen LogP contribution in [0.1, 0.15) is 39.7 Å². The summed E-state index contributed by atoms with van der Waals surface area (Å²) in [4.78, 5) is 18.8. The van der Waals surface area contributed by atoms with Crippen molar-refractivity contribution in [2.45, 2.75) is 25.4 Å². The number of nitrogens with zero attached hydrogens (tertiary/aromatic N) is 2. The number of rotatable bonds is 3. The first-order valence-corrected chi connectivity index (χ1v) is 9.42. The molecule has 1 aromatic heterocycles. The van der Waals surface area contributed by atoms with E-state index in [4.69, 9.17) is 38.7 Å². The van der Waals surface area contributed by atoms with Crippen molar-refractivity contribution in [2.75, 3.05) is 24.6 Å². The molecule has 0 bridgehead atoms. The number of ether oxygens (including phenoxy) is 1. The van der Waals surface area contributed by atoms with Crippen LogP contribution in [0, 0.1) is 0 Å². The SMILES string of the molecule is NC(=O)c1cc2c(nc1N1CCO[C@@H](c3ccc(Cl)c(Cl)c3)C1)CCC2. The molecule has 2 aromatic rings. The molecular weight excluding hydrogens is 373 g/mol. The summed E-state index contributed by atoms with van der Waals surface area (Å²) in [5.74, 6) is 0.214. The molecule has 0 saturated carbocycles. The van der Waals surface area contributed by atoms with Gasteiger partial charge in [-0.05, 0) is 48.6 Å². The summed E-state index contributed by atoms with van der Waals surface area (Å²) < 4.78 is 5.92. The molecule has 1 aromatic carbocycles. The highest BCUT2D eigenvalue weighted by molar-refractivity contribution is 6.42. The Bertz CT molecular complexity index is 872. The van der Waals surface area contributed by atoms with Crippen LogP contribution in [0.4, 0.5) is 5.82 Å². The maximum atomic E-state index is 12.0. The second kappa shape index (κ2) is 7.06. The third-order valence-electron chi connectivity index (χ3n) is 4.98. The first-order valence-electron chi connectivity index (χ1n) is 8.67. The summed E-state index contributed by atoms with van der Waals surface area (Å²) in [6.45, 7) is 1.76. The number of aryl methyl sites for hydroxylation is 2. The van der Waals surface area contributed by atoms with E-state index >= 15 is 0 Å². The fraction of sp³-hybridized carbons (Fsp3) is 0.368. The van der Waals surface area contributed by atoms with Crippen LogP contribution in [0.2, 0.25) is 10.0 Å². The van der Waals surface area contributed by atoms with Gasteiger partial charge in [0.25, 0.3) is 5.91 Å². The molecule has 136 valence electrons. The van der Waals surface area contributed by atoms with Crippen molar-refractivity contribution in [1.82, 2.24) is 4.98 Å². The number of carbonyl (C=O) groups excluding carboxylic acids is 1. The van der Waals surface area contributed by atoms with Crippen LogP contribution >= 0.6 is 23.2 Å². The molecule has 1 fully saturated rings. The van der Waals surface area contributed by atoms with Crippen molar-refractivity contribution in [2.24, 2.45) is 5.73 Å². The van der Waals surface area contributed by atoms with E-state index in [2.05, 4.69) is 4.90 Å². The van der Waals surface area contributed by atoms with Crippen molar-refractivity contribution in [3.05, 3.63) is 56.7 Å². The summed E-state index contributed by atoms with van der Waals surface area (Å²) in [6, 6.07) is 7.41. The minimum atomic E-state index is -0.445. The van der Waals surface area contributed by atoms with E-state index in [0.29, 0.717) is 41.1 Å². The van der Waals surface area contributed by atoms with E-state index in [1.807, 2.05) is 18.2 Å². The maximum absolute atomic E-state index is 12.0. The highest BCUT2D eigenvalue weighted by Gasteiger charge is 2.28. The number of halogens is 2. The lowest BCUT2D eigenvalue weighted by molar-refractivity contribution is 0.0394. The number of amides is 1. The second-order valence-electron chi connectivity index (χ2n) is 6.66. The molecule has 1 saturated heterocycles. The molecule has 2 heterocycles. The zero-order chi connectivity index (χ0) is 18.3. The zero-order valence-corrected chi connectivity index (χ0v) is 15.7. The summed E-state index contributed by atoms with van der Waals surface area (Å²) in [7, 11) is 0. The minimum absolute atomic E-state index is 0.172. The van der Waals surface area contributed by atoms with E-state index in [0.717, 1.165) is 36.1 Å².